The summed E-state index contributed by atoms with van der Waals surface area (Å²) < 4.78 is 24.9. The predicted octanol–water partition coefficient (Wildman–Crippen LogP) is 3.98. The fourth-order valence-corrected chi connectivity index (χ4v) is 1.84. The molecule has 0 aromatic heterocycles. The summed E-state index contributed by atoms with van der Waals surface area (Å²) in [7, 11) is 1.52. The van der Waals surface area contributed by atoms with E-state index in [1.807, 2.05) is 0 Å². The van der Waals surface area contributed by atoms with Crippen LogP contribution in [0.2, 0.25) is 0 Å². The van der Waals surface area contributed by atoms with Crippen molar-refractivity contribution in [2.45, 2.75) is 26.4 Å². The van der Waals surface area contributed by atoms with Crippen LogP contribution in [-0.4, -0.2) is 32.0 Å². The minimum atomic E-state index is -0.645. The van der Waals surface area contributed by atoms with Gasteiger partial charge in [-0.15, -0.1) is 0 Å². The van der Waals surface area contributed by atoms with Crippen molar-refractivity contribution in [3.05, 3.63) is 28.5 Å². The topological polar surface area (TPSA) is 38.8 Å². The first kappa shape index (κ1) is 16.9. The highest BCUT2D eigenvalue weighted by Gasteiger charge is 2.25. The third-order valence-corrected chi connectivity index (χ3v) is 2.83. The maximum atomic E-state index is 14.0. The fourth-order valence-electron chi connectivity index (χ4n) is 1.51. The van der Waals surface area contributed by atoms with Gasteiger partial charge in [-0.05, 0) is 39.0 Å². The number of hydrogen-bond donors (Lipinski definition) is 0. The Balaban J connectivity index is 3.02. The van der Waals surface area contributed by atoms with E-state index in [0.717, 1.165) is 0 Å². The molecule has 0 fully saturated rings. The van der Waals surface area contributed by atoms with Crippen molar-refractivity contribution in [1.29, 1.82) is 0 Å². The Bertz CT molecular complexity index is 474. The van der Waals surface area contributed by atoms with Gasteiger partial charge in [0.15, 0.2) is 0 Å². The SMILES string of the molecule is COCCN(C(=O)OC(C)(C)C)c1ccc(Br)cc1F. The largest absolute Gasteiger partial charge is 0.443 e. The molecule has 0 saturated carbocycles. The van der Waals surface area contributed by atoms with Gasteiger partial charge in [-0.25, -0.2) is 9.18 Å². The quantitative estimate of drug-likeness (QED) is 0.826. The van der Waals surface area contributed by atoms with Crippen LogP contribution < -0.4 is 4.90 Å². The highest BCUT2D eigenvalue weighted by atomic mass is 79.9. The van der Waals surface area contributed by atoms with Crippen molar-refractivity contribution in [1.82, 2.24) is 0 Å². The minimum absolute atomic E-state index is 0.166. The number of nitrogens with zero attached hydrogens (tertiary/aromatic N) is 1. The summed E-state index contributed by atoms with van der Waals surface area (Å²) in [5, 5.41) is 0. The van der Waals surface area contributed by atoms with Crippen LogP contribution in [0.15, 0.2) is 22.7 Å². The van der Waals surface area contributed by atoms with Crippen LogP contribution in [-0.2, 0) is 9.47 Å². The van der Waals surface area contributed by atoms with Crippen molar-refractivity contribution in [2.75, 3.05) is 25.2 Å². The van der Waals surface area contributed by atoms with Crippen molar-refractivity contribution >= 4 is 27.7 Å². The van der Waals surface area contributed by atoms with Crippen LogP contribution >= 0.6 is 15.9 Å². The summed E-state index contributed by atoms with van der Waals surface area (Å²) in [6.45, 7) is 5.78. The molecular formula is C14H19BrFNO3. The molecule has 0 radical (unpaired) electrons. The number of amides is 1. The summed E-state index contributed by atoms with van der Waals surface area (Å²) in [6, 6.07) is 4.50. The molecule has 0 saturated heterocycles. The van der Waals surface area contributed by atoms with Crippen LogP contribution in [0.25, 0.3) is 0 Å². The van der Waals surface area contributed by atoms with E-state index in [2.05, 4.69) is 15.9 Å². The van der Waals surface area contributed by atoms with Gasteiger partial charge in [-0.3, -0.25) is 4.90 Å². The number of rotatable bonds is 4. The summed E-state index contributed by atoms with van der Waals surface area (Å²) in [4.78, 5) is 13.4. The van der Waals surface area contributed by atoms with E-state index < -0.39 is 17.5 Å². The van der Waals surface area contributed by atoms with Crippen molar-refractivity contribution in [2.24, 2.45) is 0 Å². The number of halogens is 2. The van der Waals surface area contributed by atoms with Crippen LogP contribution in [0.1, 0.15) is 20.8 Å². The maximum Gasteiger partial charge on any atom is 0.414 e. The Morgan fingerprint density at radius 2 is 2.05 bits per heavy atom. The summed E-state index contributed by atoms with van der Waals surface area (Å²) in [5.74, 6) is -0.499. The molecule has 1 aromatic rings. The van der Waals surface area contributed by atoms with E-state index in [-0.39, 0.29) is 18.8 Å². The normalized spacial score (nSPS) is 11.3. The van der Waals surface area contributed by atoms with E-state index in [1.165, 1.54) is 24.1 Å². The number of ether oxygens (including phenoxy) is 2. The number of benzene rings is 1. The molecule has 0 spiro atoms. The van der Waals surface area contributed by atoms with Crippen LogP contribution in [0, 0.1) is 5.82 Å². The van der Waals surface area contributed by atoms with E-state index >= 15 is 0 Å². The fraction of sp³-hybridized carbons (Fsp3) is 0.500. The van der Waals surface area contributed by atoms with Gasteiger partial charge < -0.3 is 9.47 Å². The molecule has 112 valence electrons. The average Bonchev–Trinajstić information content (AvgIpc) is 2.29. The molecule has 1 amide bonds. The molecule has 4 nitrogen and oxygen atoms in total. The maximum absolute atomic E-state index is 14.0. The van der Waals surface area contributed by atoms with Crippen LogP contribution in [0.5, 0.6) is 0 Å². The van der Waals surface area contributed by atoms with Gasteiger partial charge in [-0.1, -0.05) is 15.9 Å². The third kappa shape index (κ3) is 5.09. The summed E-state index contributed by atoms with van der Waals surface area (Å²) >= 11 is 3.18. The molecular weight excluding hydrogens is 329 g/mol. The van der Waals surface area contributed by atoms with Crippen molar-refractivity contribution in [3.8, 4) is 0 Å². The van der Waals surface area contributed by atoms with Crippen molar-refractivity contribution in [3.63, 3.8) is 0 Å². The van der Waals surface area contributed by atoms with E-state index in [9.17, 15) is 9.18 Å². The van der Waals surface area contributed by atoms with Gasteiger partial charge in [0.1, 0.15) is 11.4 Å². The van der Waals surface area contributed by atoms with E-state index in [4.69, 9.17) is 9.47 Å². The predicted molar refractivity (Wildman–Crippen MR) is 79.6 cm³/mol. The van der Waals surface area contributed by atoms with Crippen LogP contribution in [0.3, 0.4) is 0 Å². The zero-order valence-electron chi connectivity index (χ0n) is 12.1. The van der Waals surface area contributed by atoms with Gasteiger partial charge in [-0.2, -0.15) is 0 Å². The molecule has 0 aliphatic carbocycles. The molecule has 0 N–H and O–H groups in total. The molecule has 0 aliphatic heterocycles. The first-order valence-corrected chi connectivity index (χ1v) is 6.98. The number of anilines is 1. The zero-order chi connectivity index (χ0) is 15.3. The van der Waals surface area contributed by atoms with Gasteiger partial charge >= 0.3 is 6.09 Å². The van der Waals surface area contributed by atoms with E-state index in [0.29, 0.717) is 4.47 Å². The summed E-state index contributed by atoms with van der Waals surface area (Å²) in [6.07, 6.45) is -0.601. The molecule has 0 heterocycles. The highest BCUT2D eigenvalue weighted by molar-refractivity contribution is 9.10. The van der Waals surface area contributed by atoms with E-state index in [1.54, 1.807) is 26.8 Å². The lowest BCUT2D eigenvalue weighted by molar-refractivity contribution is 0.0568. The summed E-state index contributed by atoms with van der Waals surface area (Å²) in [5.41, 5.74) is -0.478. The monoisotopic (exact) mass is 347 g/mol. The Hall–Kier alpha value is -1.14. The Morgan fingerprint density at radius 3 is 2.55 bits per heavy atom. The third-order valence-electron chi connectivity index (χ3n) is 2.33. The number of carbonyl (C=O) groups excluding carboxylic acids is 1. The molecule has 1 rings (SSSR count). The number of hydrogen-bond acceptors (Lipinski definition) is 3. The molecule has 0 atom stereocenters. The van der Waals surface area contributed by atoms with Crippen molar-refractivity contribution < 1.29 is 18.7 Å². The molecule has 0 unspecified atom stereocenters. The molecule has 0 bridgehead atoms. The Morgan fingerprint density at radius 1 is 1.40 bits per heavy atom. The second kappa shape index (κ2) is 7.04. The lowest BCUT2D eigenvalue weighted by Crippen LogP contribution is -2.39. The minimum Gasteiger partial charge on any atom is -0.443 e. The van der Waals surface area contributed by atoms with Gasteiger partial charge in [0, 0.05) is 11.6 Å². The Kier molecular flexibility index (Phi) is 5.95. The molecule has 20 heavy (non-hydrogen) atoms. The number of carbonyl (C=O) groups is 1. The van der Waals surface area contributed by atoms with Gasteiger partial charge in [0.25, 0.3) is 0 Å². The average molecular weight is 348 g/mol. The molecule has 1 aromatic carbocycles. The standard InChI is InChI=1S/C14H19BrFNO3/c1-14(2,3)20-13(18)17(7-8-19-4)12-6-5-10(15)9-11(12)16/h5-6,9H,7-8H2,1-4H3. The lowest BCUT2D eigenvalue weighted by Gasteiger charge is -2.27. The zero-order valence-corrected chi connectivity index (χ0v) is 13.7. The smallest absolute Gasteiger partial charge is 0.414 e. The van der Waals surface area contributed by atoms with Gasteiger partial charge in [0.05, 0.1) is 18.8 Å². The first-order chi connectivity index (χ1) is 9.24. The molecule has 6 heteroatoms. The molecule has 0 aliphatic rings. The Labute approximate surface area is 127 Å². The lowest BCUT2D eigenvalue weighted by atomic mass is 10.2. The second-order valence-corrected chi connectivity index (χ2v) is 6.14. The van der Waals surface area contributed by atoms with Gasteiger partial charge in [0.2, 0.25) is 0 Å². The number of methoxy groups -OCH3 is 1. The first-order valence-electron chi connectivity index (χ1n) is 6.19. The highest BCUT2D eigenvalue weighted by Crippen LogP contribution is 2.24. The van der Waals surface area contributed by atoms with Crippen LogP contribution in [0.4, 0.5) is 14.9 Å². The second-order valence-electron chi connectivity index (χ2n) is 5.22.